The molecule has 2 aromatic heterocycles. The molecule has 1 N–H and O–H groups in total. The van der Waals surface area contributed by atoms with Gasteiger partial charge in [-0.2, -0.15) is 4.98 Å². The molecule has 2 aromatic rings. The first-order valence-corrected chi connectivity index (χ1v) is 7.05. The van der Waals surface area contributed by atoms with Crippen LogP contribution in [-0.2, 0) is 6.67 Å². The van der Waals surface area contributed by atoms with Crippen molar-refractivity contribution in [3.05, 3.63) is 22.3 Å². The van der Waals surface area contributed by atoms with E-state index in [1.807, 2.05) is 16.1 Å². The summed E-state index contributed by atoms with van der Waals surface area (Å²) in [6.45, 7) is 3.15. The molecule has 6 heteroatoms. The minimum Gasteiger partial charge on any atom is -0.284 e. The SMILES string of the molecule is S=c1nc(-c2cccs2)[nH]n1CN1CCCC1. The van der Waals surface area contributed by atoms with Gasteiger partial charge >= 0.3 is 0 Å². The summed E-state index contributed by atoms with van der Waals surface area (Å²) in [5.74, 6) is 0.879. The van der Waals surface area contributed by atoms with Crippen LogP contribution in [0.3, 0.4) is 0 Å². The van der Waals surface area contributed by atoms with Gasteiger partial charge in [0, 0.05) is 0 Å². The molecule has 1 aliphatic heterocycles. The van der Waals surface area contributed by atoms with E-state index >= 15 is 0 Å². The van der Waals surface area contributed by atoms with Crippen molar-refractivity contribution in [2.45, 2.75) is 19.5 Å². The summed E-state index contributed by atoms with van der Waals surface area (Å²) < 4.78 is 2.59. The third-order valence-electron chi connectivity index (χ3n) is 2.97. The first-order chi connectivity index (χ1) is 8.33. The van der Waals surface area contributed by atoms with E-state index in [-0.39, 0.29) is 0 Å². The molecule has 1 aliphatic rings. The molecule has 1 saturated heterocycles. The smallest absolute Gasteiger partial charge is 0.217 e. The predicted octanol–water partition coefficient (Wildman–Crippen LogP) is 2.72. The lowest BCUT2D eigenvalue weighted by molar-refractivity contribution is 0.253. The molecule has 1 fully saturated rings. The average molecular weight is 266 g/mol. The molecule has 4 nitrogen and oxygen atoms in total. The fourth-order valence-corrected chi connectivity index (χ4v) is 2.96. The van der Waals surface area contributed by atoms with Crippen molar-refractivity contribution >= 4 is 23.6 Å². The molecule has 3 heterocycles. The van der Waals surface area contributed by atoms with E-state index in [1.165, 1.54) is 12.8 Å². The van der Waals surface area contributed by atoms with Gasteiger partial charge in [-0.05, 0) is 49.6 Å². The maximum absolute atomic E-state index is 5.28. The topological polar surface area (TPSA) is 36.9 Å². The summed E-state index contributed by atoms with van der Waals surface area (Å²) in [6, 6.07) is 4.08. The number of nitrogens with one attached hydrogen (secondary N) is 1. The normalized spacial score (nSPS) is 16.7. The van der Waals surface area contributed by atoms with E-state index in [0.717, 1.165) is 30.5 Å². The third-order valence-corrected chi connectivity index (χ3v) is 4.16. The van der Waals surface area contributed by atoms with Crippen LogP contribution in [0.5, 0.6) is 0 Å². The fourth-order valence-electron chi connectivity index (χ4n) is 2.10. The maximum atomic E-state index is 5.28. The van der Waals surface area contributed by atoms with Crippen molar-refractivity contribution in [1.29, 1.82) is 0 Å². The van der Waals surface area contributed by atoms with Crippen molar-refractivity contribution < 1.29 is 0 Å². The zero-order valence-corrected chi connectivity index (χ0v) is 11.1. The zero-order valence-electron chi connectivity index (χ0n) is 9.43. The summed E-state index contributed by atoms with van der Waals surface area (Å²) in [5, 5.41) is 5.33. The summed E-state index contributed by atoms with van der Waals surface area (Å²) in [6.07, 6.45) is 2.58. The first kappa shape index (κ1) is 11.1. The molecule has 0 spiro atoms. The van der Waals surface area contributed by atoms with Crippen molar-refractivity contribution in [2.75, 3.05) is 13.1 Å². The van der Waals surface area contributed by atoms with E-state index in [0.29, 0.717) is 4.77 Å². The van der Waals surface area contributed by atoms with E-state index < -0.39 is 0 Å². The van der Waals surface area contributed by atoms with Crippen LogP contribution in [0.1, 0.15) is 12.8 Å². The van der Waals surface area contributed by atoms with Crippen molar-refractivity contribution in [3.63, 3.8) is 0 Å². The fraction of sp³-hybridized carbons (Fsp3) is 0.455. The highest BCUT2D eigenvalue weighted by Gasteiger charge is 2.13. The van der Waals surface area contributed by atoms with Crippen LogP contribution in [0.2, 0.25) is 0 Å². The Labute approximate surface area is 109 Å². The van der Waals surface area contributed by atoms with Crippen LogP contribution in [-0.4, -0.2) is 32.8 Å². The molecule has 17 heavy (non-hydrogen) atoms. The largest absolute Gasteiger partial charge is 0.284 e. The number of thiophene rings is 1. The summed E-state index contributed by atoms with van der Waals surface area (Å²) >= 11 is 6.95. The van der Waals surface area contributed by atoms with Crippen LogP contribution in [0.4, 0.5) is 0 Å². The highest BCUT2D eigenvalue weighted by molar-refractivity contribution is 7.71. The number of hydrogen-bond donors (Lipinski definition) is 1. The minimum atomic E-state index is 0.639. The first-order valence-electron chi connectivity index (χ1n) is 5.76. The number of aromatic amines is 1. The van der Waals surface area contributed by atoms with Gasteiger partial charge in [-0.15, -0.1) is 11.3 Å². The number of likely N-dealkylation sites (tertiary alicyclic amines) is 1. The van der Waals surface area contributed by atoms with Crippen LogP contribution >= 0.6 is 23.6 Å². The summed E-state index contributed by atoms with van der Waals surface area (Å²) in [4.78, 5) is 7.93. The monoisotopic (exact) mass is 266 g/mol. The molecular weight excluding hydrogens is 252 g/mol. The van der Waals surface area contributed by atoms with Gasteiger partial charge in [0.15, 0.2) is 5.82 Å². The predicted molar refractivity (Wildman–Crippen MR) is 71.5 cm³/mol. The van der Waals surface area contributed by atoms with Gasteiger partial charge in [-0.25, -0.2) is 4.68 Å². The Morgan fingerprint density at radius 2 is 2.24 bits per heavy atom. The molecule has 0 unspecified atom stereocenters. The quantitative estimate of drug-likeness (QED) is 0.868. The minimum absolute atomic E-state index is 0.639. The zero-order chi connectivity index (χ0) is 11.7. The van der Waals surface area contributed by atoms with Gasteiger partial charge in [0.25, 0.3) is 0 Å². The number of aromatic nitrogens is 3. The Balaban J connectivity index is 1.83. The molecule has 3 rings (SSSR count). The van der Waals surface area contributed by atoms with Gasteiger partial charge < -0.3 is 0 Å². The molecule has 0 atom stereocenters. The molecular formula is C11H14N4S2. The highest BCUT2D eigenvalue weighted by atomic mass is 32.1. The van der Waals surface area contributed by atoms with Crippen molar-refractivity contribution in [1.82, 2.24) is 19.7 Å². The standard InChI is InChI=1S/C11H14N4S2/c16-11-12-10(9-4-3-7-17-9)13-15(11)8-14-5-1-2-6-14/h3-4,7H,1-2,5-6,8H2,(H,12,13,16). The Morgan fingerprint density at radius 3 is 2.94 bits per heavy atom. The Kier molecular flexibility index (Phi) is 3.09. The van der Waals surface area contributed by atoms with Crippen molar-refractivity contribution in [2.24, 2.45) is 0 Å². The van der Waals surface area contributed by atoms with Gasteiger partial charge in [-0.1, -0.05) is 6.07 Å². The molecule has 0 radical (unpaired) electrons. The summed E-state index contributed by atoms with van der Waals surface area (Å²) in [7, 11) is 0. The van der Waals surface area contributed by atoms with Crippen molar-refractivity contribution in [3.8, 4) is 10.7 Å². The van der Waals surface area contributed by atoms with E-state index in [9.17, 15) is 0 Å². The van der Waals surface area contributed by atoms with E-state index in [1.54, 1.807) is 11.3 Å². The second-order valence-electron chi connectivity index (χ2n) is 4.23. The van der Waals surface area contributed by atoms with Crippen LogP contribution in [0, 0.1) is 4.77 Å². The summed E-state index contributed by atoms with van der Waals surface area (Å²) in [5.41, 5.74) is 0. The second kappa shape index (κ2) is 4.72. The molecule has 0 aliphatic carbocycles. The number of H-pyrrole nitrogens is 1. The molecule has 0 aromatic carbocycles. The lowest BCUT2D eigenvalue weighted by Gasteiger charge is -2.14. The highest BCUT2D eigenvalue weighted by Crippen LogP contribution is 2.20. The Bertz CT molecular complexity index is 534. The van der Waals surface area contributed by atoms with Gasteiger partial charge in [0.05, 0.1) is 11.5 Å². The number of nitrogens with zero attached hydrogens (tertiary/aromatic N) is 3. The second-order valence-corrected chi connectivity index (χ2v) is 5.54. The van der Waals surface area contributed by atoms with Crippen LogP contribution < -0.4 is 0 Å². The molecule has 90 valence electrons. The van der Waals surface area contributed by atoms with Crippen LogP contribution in [0.25, 0.3) is 10.7 Å². The Morgan fingerprint density at radius 1 is 1.41 bits per heavy atom. The number of rotatable bonds is 3. The lowest BCUT2D eigenvalue weighted by Crippen LogP contribution is -2.23. The van der Waals surface area contributed by atoms with E-state index in [2.05, 4.69) is 21.0 Å². The molecule has 0 saturated carbocycles. The lowest BCUT2D eigenvalue weighted by atomic mass is 10.4. The van der Waals surface area contributed by atoms with Gasteiger partial charge in [0.2, 0.25) is 4.77 Å². The van der Waals surface area contributed by atoms with Gasteiger partial charge in [0.1, 0.15) is 0 Å². The average Bonchev–Trinajstić information content (AvgIpc) is 3.02. The van der Waals surface area contributed by atoms with Gasteiger partial charge in [-0.3, -0.25) is 10.00 Å². The van der Waals surface area contributed by atoms with E-state index in [4.69, 9.17) is 12.2 Å². The maximum Gasteiger partial charge on any atom is 0.217 e. The number of hydrogen-bond acceptors (Lipinski definition) is 4. The Hall–Kier alpha value is -0.980. The molecule has 0 amide bonds. The third kappa shape index (κ3) is 2.34. The van der Waals surface area contributed by atoms with Crippen LogP contribution in [0.15, 0.2) is 17.5 Å². The molecule has 0 bridgehead atoms.